The maximum atomic E-state index is 12.4. The van der Waals surface area contributed by atoms with E-state index in [1.54, 1.807) is 18.2 Å². The van der Waals surface area contributed by atoms with Gasteiger partial charge >= 0.3 is 0 Å². The van der Waals surface area contributed by atoms with E-state index in [9.17, 15) is 4.79 Å². The first-order valence-electron chi connectivity index (χ1n) is 7.72. The fourth-order valence-corrected chi connectivity index (χ4v) is 2.97. The van der Waals surface area contributed by atoms with Gasteiger partial charge in [-0.25, -0.2) is 4.98 Å². The Morgan fingerprint density at radius 1 is 1.21 bits per heavy atom. The van der Waals surface area contributed by atoms with Gasteiger partial charge in [-0.15, -0.1) is 11.3 Å². The summed E-state index contributed by atoms with van der Waals surface area (Å²) in [5.41, 5.74) is 3.65. The molecule has 3 aromatic rings. The number of ether oxygens (including phenoxy) is 1. The fraction of sp³-hybridized carbons (Fsp3) is 0.158. The summed E-state index contributed by atoms with van der Waals surface area (Å²) in [5.74, 6) is 0.492. The maximum absolute atomic E-state index is 12.4. The van der Waals surface area contributed by atoms with Gasteiger partial charge in [-0.3, -0.25) is 10.1 Å². The first-order valence-corrected chi connectivity index (χ1v) is 8.60. The van der Waals surface area contributed by atoms with Gasteiger partial charge < -0.3 is 4.74 Å². The number of carbonyl (C=O) groups is 1. The number of thiazole rings is 1. The van der Waals surface area contributed by atoms with Gasteiger partial charge in [0.05, 0.1) is 12.3 Å². The number of hydrogen-bond donors (Lipinski definition) is 1. The highest BCUT2D eigenvalue weighted by molar-refractivity contribution is 7.14. The zero-order valence-corrected chi connectivity index (χ0v) is 14.4. The Balaban J connectivity index is 1.73. The average Bonchev–Trinajstić information content (AvgIpc) is 3.04. The van der Waals surface area contributed by atoms with Crippen LogP contribution in [0.2, 0.25) is 0 Å². The Morgan fingerprint density at radius 3 is 2.75 bits per heavy atom. The fourth-order valence-electron chi connectivity index (χ4n) is 2.25. The Morgan fingerprint density at radius 2 is 2.00 bits per heavy atom. The van der Waals surface area contributed by atoms with Crippen LogP contribution in [0.3, 0.4) is 0 Å². The molecule has 0 saturated carbocycles. The van der Waals surface area contributed by atoms with Gasteiger partial charge in [-0.2, -0.15) is 0 Å². The van der Waals surface area contributed by atoms with Gasteiger partial charge in [0.1, 0.15) is 5.75 Å². The molecule has 0 aliphatic heterocycles. The molecule has 1 N–H and O–H groups in total. The molecule has 0 aliphatic carbocycles. The summed E-state index contributed by atoms with van der Waals surface area (Å²) in [6, 6.07) is 15.3. The molecule has 1 heterocycles. The van der Waals surface area contributed by atoms with Crippen LogP contribution in [0.15, 0.2) is 53.9 Å². The molecule has 0 radical (unpaired) electrons. The highest BCUT2D eigenvalue weighted by atomic mass is 32.1. The molecule has 4 nitrogen and oxygen atoms in total. The van der Waals surface area contributed by atoms with E-state index in [2.05, 4.69) is 10.3 Å². The molecule has 0 aliphatic rings. The predicted octanol–water partition coefficient (Wildman–Crippen LogP) is 4.77. The SMILES string of the molecule is CCOc1cccc(C(=O)Nc2nc(-c3ccc(C)cc3)cs2)c1. The number of benzene rings is 2. The third-order valence-corrected chi connectivity index (χ3v) is 4.24. The lowest BCUT2D eigenvalue weighted by molar-refractivity contribution is 0.102. The summed E-state index contributed by atoms with van der Waals surface area (Å²) in [4.78, 5) is 16.9. The number of amides is 1. The van der Waals surface area contributed by atoms with Gasteiger partial charge in [0.15, 0.2) is 5.13 Å². The van der Waals surface area contributed by atoms with E-state index in [1.165, 1.54) is 16.9 Å². The number of nitrogens with one attached hydrogen (secondary N) is 1. The highest BCUT2D eigenvalue weighted by Gasteiger charge is 2.11. The summed E-state index contributed by atoms with van der Waals surface area (Å²) >= 11 is 1.41. The lowest BCUT2D eigenvalue weighted by Crippen LogP contribution is -2.11. The van der Waals surface area contributed by atoms with Gasteiger partial charge in [0.25, 0.3) is 5.91 Å². The summed E-state index contributed by atoms with van der Waals surface area (Å²) in [6.07, 6.45) is 0. The Hall–Kier alpha value is -2.66. The largest absolute Gasteiger partial charge is 0.494 e. The zero-order chi connectivity index (χ0) is 16.9. The van der Waals surface area contributed by atoms with Crippen LogP contribution in [0, 0.1) is 6.92 Å². The summed E-state index contributed by atoms with van der Waals surface area (Å²) in [6.45, 7) is 4.53. The number of carbonyl (C=O) groups excluding carboxylic acids is 1. The van der Waals surface area contributed by atoms with Crippen molar-refractivity contribution in [1.82, 2.24) is 4.98 Å². The quantitative estimate of drug-likeness (QED) is 0.729. The molecule has 24 heavy (non-hydrogen) atoms. The lowest BCUT2D eigenvalue weighted by atomic mass is 10.1. The Bertz CT molecular complexity index is 841. The van der Waals surface area contributed by atoms with E-state index in [0.717, 1.165) is 11.3 Å². The zero-order valence-electron chi connectivity index (χ0n) is 13.6. The molecule has 5 heteroatoms. The van der Waals surface area contributed by atoms with Crippen molar-refractivity contribution in [1.29, 1.82) is 0 Å². The molecular weight excluding hydrogens is 320 g/mol. The molecule has 0 saturated heterocycles. The molecule has 3 rings (SSSR count). The van der Waals surface area contributed by atoms with Crippen molar-refractivity contribution in [3.63, 3.8) is 0 Å². The van der Waals surface area contributed by atoms with Gasteiger partial charge in [-0.05, 0) is 32.0 Å². The summed E-state index contributed by atoms with van der Waals surface area (Å²) < 4.78 is 5.43. The molecule has 0 spiro atoms. The Kier molecular flexibility index (Phi) is 4.91. The van der Waals surface area contributed by atoms with Crippen molar-refractivity contribution >= 4 is 22.4 Å². The first kappa shape index (κ1) is 16.2. The number of anilines is 1. The molecule has 122 valence electrons. The lowest BCUT2D eigenvalue weighted by Gasteiger charge is -2.05. The predicted molar refractivity (Wildman–Crippen MR) is 97.9 cm³/mol. The van der Waals surface area contributed by atoms with Crippen LogP contribution >= 0.6 is 11.3 Å². The second-order valence-corrected chi connectivity index (χ2v) is 6.18. The highest BCUT2D eigenvalue weighted by Crippen LogP contribution is 2.25. The van der Waals surface area contributed by atoms with Crippen molar-refractivity contribution in [3.05, 3.63) is 65.0 Å². The van der Waals surface area contributed by atoms with Crippen molar-refractivity contribution in [2.75, 3.05) is 11.9 Å². The smallest absolute Gasteiger partial charge is 0.257 e. The minimum absolute atomic E-state index is 0.193. The van der Waals surface area contributed by atoms with Gasteiger partial charge in [0, 0.05) is 16.5 Å². The maximum Gasteiger partial charge on any atom is 0.257 e. The number of nitrogens with zero attached hydrogens (tertiary/aromatic N) is 1. The van der Waals surface area contributed by atoms with Gasteiger partial charge in [-0.1, -0.05) is 35.9 Å². The minimum atomic E-state index is -0.193. The standard InChI is InChI=1S/C19H18N2O2S/c1-3-23-16-6-4-5-15(11-16)18(22)21-19-20-17(12-24-19)14-9-7-13(2)8-10-14/h4-12H,3H2,1-2H3,(H,20,21,22). The number of aryl methyl sites for hydroxylation is 1. The van der Waals surface area contributed by atoms with Crippen LogP contribution in [0.4, 0.5) is 5.13 Å². The molecule has 0 bridgehead atoms. The van der Waals surface area contributed by atoms with Crippen LogP contribution in [0.1, 0.15) is 22.8 Å². The van der Waals surface area contributed by atoms with E-state index in [-0.39, 0.29) is 5.91 Å². The second-order valence-electron chi connectivity index (χ2n) is 5.32. The molecule has 0 unspecified atom stereocenters. The topological polar surface area (TPSA) is 51.2 Å². The van der Waals surface area contributed by atoms with E-state index < -0.39 is 0 Å². The second kappa shape index (κ2) is 7.27. The van der Waals surface area contributed by atoms with Crippen molar-refractivity contribution < 1.29 is 9.53 Å². The van der Waals surface area contributed by atoms with E-state index in [4.69, 9.17) is 4.74 Å². The normalized spacial score (nSPS) is 10.4. The molecule has 2 aromatic carbocycles. The van der Waals surface area contributed by atoms with Crippen LogP contribution in [0.5, 0.6) is 5.75 Å². The first-order chi connectivity index (χ1) is 11.7. The molecule has 0 fully saturated rings. The van der Waals surface area contributed by atoms with E-state index in [1.807, 2.05) is 49.6 Å². The van der Waals surface area contributed by atoms with Crippen LogP contribution in [-0.4, -0.2) is 17.5 Å². The monoisotopic (exact) mass is 338 g/mol. The van der Waals surface area contributed by atoms with Crippen LogP contribution < -0.4 is 10.1 Å². The van der Waals surface area contributed by atoms with Crippen molar-refractivity contribution in [3.8, 4) is 17.0 Å². The minimum Gasteiger partial charge on any atom is -0.494 e. The third kappa shape index (κ3) is 3.81. The molecule has 0 atom stereocenters. The number of hydrogen-bond acceptors (Lipinski definition) is 4. The Labute approximate surface area is 145 Å². The molecular formula is C19H18N2O2S. The van der Waals surface area contributed by atoms with Crippen molar-refractivity contribution in [2.45, 2.75) is 13.8 Å². The van der Waals surface area contributed by atoms with Crippen LogP contribution in [0.25, 0.3) is 11.3 Å². The average molecular weight is 338 g/mol. The van der Waals surface area contributed by atoms with Crippen LogP contribution in [-0.2, 0) is 0 Å². The summed E-state index contributed by atoms with van der Waals surface area (Å²) in [7, 11) is 0. The molecule has 1 amide bonds. The van der Waals surface area contributed by atoms with Crippen molar-refractivity contribution in [2.24, 2.45) is 0 Å². The third-order valence-electron chi connectivity index (χ3n) is 3.48. The van der Waals surface area contributed by atoms with Gasteiger partial charge in [0.2, 0.25) is 0 Å². The van der Waals surface area contributed by atoms with E-state index >= 15 is 0 Å². The number of rotatable bonds is 5. The summed E-state index contributed by atoms with van der Waals surface area (Å²) in [5, 5.41) is 5.36. The number of aromatic nitrogens is 1. The van der Waals surface area contributed by atoms with E-state index in [0.29, 0.717) is 23.1 Å². The molecule has 1 aromatic heterocycles.